The van der Waals surface area contributed by atoms with E-state index in [4.69, 9.17) is 0 Å². The van der Waals surface area contributed by atoms with Gasteiger partial charge in [-0.25, -0.2) is 13.1 Å². The fraction of sp³-hybridized carbons (Fsp3) is 0.368. The van der Waals surface area contributed by atoms with Crippen LogP contribution in [0.2, 0.25) is 0 Å². The lowest BCUT2D eigenvalue weighted by Gasteiger charge is -2.10. The molecule has 0 aliphatic carbocycles. The second kappa shape index (κ2) is 9.25. The summed E-state index contributed by atoms with van der Waals surface area (Å²) < 4.78 is 27.2. The van der Waals surface area contributed by atoms with Crippen LogP contribution in [0.3, 0.4) is 0 Å². The standard InChI is InChI=1S/C19H24N2O4S2/c1-13-4-5-14(2)18(12-13)27(24,25)21-11-10-20-19(23)9-7-16(22)17-8-6-15(3)26-17/h4-6,8,12,21H,7,9-11H2,1-3H3,(H,20,23). The molecule has 1 aromatic heterocycles. The summed E-state index contributed by atoms with van der Waals surface area (Å²) in [6.07, 6.45) is 0.222. The van der Waals surface area contributed by atoms with Crippen LogP contribution in [0, 0.1) is 20.8 Å². The Kier molecular flexibility index (Phi) is 7.29. The number of benzene rings is 1. The van der Waals surface area contributed by atoms with Gasteiger partial charge in [-0.05, 0) is 50.1 Å². The van der Waals surface area contributed by atoms with E-state index in [0.29, 0.717) is 10.4 Å². The topological polar surface area (TPSA) is 92.3 Å². The van der Waals surface area contributed by atoms with E-state index in [0.717, 1.165) is 10.4 Å². The van der Waals surface area contributed by atoms with Gasteiger partial charge in [-0.3, -0.25) is 9.59 Å². The molecule has 1 aromatic carbocycles. The smallest absolute Gasteiger partial charge is 0.240 e. The number of Topliss-reactive ketones (excluding diaryl/α,β-unsaturated/α-hetero) is 1. The van der Waals surface area contributed by atoms with E-state index >= 15 is 0 Å². The molecule has 0 fully saturated rings. The fourth-order valence-electron chi connectivity index (χ4n) is 2.48. The van der Waals surface area contributed by atoms with Crippen LogP contribution in [0.25, 0.3) is 0 Å². The molecule has 1 heterocycles. The average molecular weight is 409 g/mol. The van der Waals surface area contributed by atoms with Crippen LogP contribution in [0.1, 0.15) is 38.5 Å². The minimum absolute atomic E-state index is 0.0566. The van der Waals surface area contributed by atoms with E-state index < -0.39 is 10.0 Å². The van der Waals surface area contributed by atoms with Crippen molar-refractivity contribution in [2.24, 2.45) is 0 Å². The van der Waals surface area contributed by atoms with Gasteiger partial charge >= 0.3 is 0 Å². The zero-order valence-corrected chi connectivity index (χ0v) is 17.3. The molecule has 2 aromatic rings. The Morgan fingerprint density at radius 3 is 2.41 bits per heavy atom. The van der Waals surface area contributed by atoms with E-state index in [1.54, 1.807) is 25.1 Å². The third-order valence-corrected chi connectivity index (χ3v) is 6.61. The van der Waals surface area contributed by atoms with E-state index in [1.165, 1.54) is 11.3 Å². The number of carbonyl (C=O) groups excluding carboxylic acids is 2. The van der Waals surface area contributed by atoms with Crippen molar-refractivity contribution >= 4 is 33.1 Å². The van der Waals surface area contributed by atoms with Crippen LogP contribution < -0.4 is 10.0 Å². The molecule has 146 valence electrons. The minimum Gasteiger partial charge on any atom is -0.355 e. The van der Waals surface area contributed by atoms with Crippen LogP contribution >= 0.6 is 11.3 Å². The summed E-state index contributed by atoms with van der Waals surface area (Å²) in [4.78, 5) is 25.8. The highest BCUT2D eigenvalue weighted by Gasteiger charge is 2.16. The SMILES string of the molecule is Cc1ccc(C)c(S(=O)(=O)NCCNC(=O)CCC(=O)c2ccc(C)s2)c1. The number of amides is 1. The number of hydrogen-bond acceptors (Lipinski definition) is 5. The Bertz CT molecular complexity index is 933. The van der Waals surface area contributed by atoms with Gasteiger partial charge in [0.1, 0.15) is 0 Å². The van der Waals surface area contributed by atoms with Gasteiger partial charge in [0.05, 0.1) is 9.77 Å². The minimum atomic E-state index is -3.62. The van der Waals surface area contributed by atoms with Crippen molar-refractivity contribution in [3.8, 4) is 0 Å². The van der Waals surface area contributed by atoms with Crippen molar-refractivity contribution in [1.82, 2.24) is 10.0 Å². The largest absolute Gasteiger partial charge is 0.355 e. The molecule has 0 atom stereocenters. The number of nitrogens with one attached hydrogen (secondary N) is 2. The second-order valence-electron chi connectivity index (χ2n) is 6.35. The first-order valence-corrected chi connectivity index (χ1v) is 10.9. The molecule has 0 bridgehead atoms. The molecule has 2 rings (SSSR count). The number of carbonyl (C=O) groups is 2. The van der Waals surface area contributed by atoms with Crippen molar-refractivity contribution in [3.05, 3.63) is 51.2 Å². The van der Waals surface area contributed by atoms with Crippen LogP contribution in [-0.2, 0) is 14.8 Å². The summed E-state index contributed by atoms with van der Waals surface area (Å²) in [6, 6.07) is 8.88. The first-order valence-electron chi connectivity index (χ1n) is 8.62. The molecule has 8 heteroatoms. The molecule has 0 radical (unpaired) electrons. The first kappa shape index (κ1) is 21.3. The van der Waals surface area contributed by atoms with E-state index in [-0.39, 0.29) is 42.5 Å². The summed E-state index contributed by atoms with van der Waals surface area (Å²) >= 11 is 1.41. The van der Waals surface area contributed by atoms with Crippen LogP contribution in [-0.4, -0.2) is 33.2 Å². The molecule has 27 heavy (non-hydrogen) atoms. The Hall–Kier alpha value is -2.03. The number of ketones is 1. The fourth-order valence-corrected chi connectivity index (χ4v) is 4.68. The number of thiophene rings is 1. The summed E-state index contributed by atoms with van der Waals surface area (Å²) in [6.45, 7) is 5.74. The Morgan fingerprint density at radius 2 is 1.74 bits per heavy atom. The highest BCUT2D eigenvalue weighted by Crippen LogP contribution is 2.17. The number of aryl methyl sites for hydroxylation is 3. The van der Waals surface area contributed by atoms with Gasteiger partial charge in [-0.1, -0.05) is 12.1 Å². The molecule has 0 spiro atoms. The van der Waals surface area contributed by atoms with Gasteiger partial charge in [0.2, 0.25) is 15.9 Å². The molecule has 0 saturated carbocycles. The lowest BCUT2D eigenvalue weighted by Crippen LogP contribution is -2.35. The number of hydrogen-bond donors (Lipinski definition) is 2. The zero-order valence-electron chi connectivity index (χ0n) is 15.7. The normalized spacial score (nSPS) is 11.4. The third kappa shape index (κ3) is 6.27. The lowest BCUT2D eigenvalue weighted by atomic mass is 10.2. The van der Waals surface area contributed by atoms with Crippen molar-refractivity contribution in [2.75, 3.05) is 13.1 Å². The van der Waals surface area contributed by atoms with Crippen molar-refractivity contribution in [2.45, 2.75) is 38.5 Å². The van der Waals surface area contributed by atoms with Gasteiger partial charge in [0.25, 0.3) is 0 Å². The second-order valence-corrected chi connectivity index (χ2v) is 9.37. The van der Waals surface area contributed by atoms with Crippen LogP contribution in [0.15, 0.2) is 35.2 Å². The molecule has 2 N–H and O–H groups in total. The third-order valence-electron chi connectivity index (χ3n) is 3.97. The van der Waals surface area contributed by atoms with Gasteiger partial charge < -0.3 is 5.32 Å². The molecular formula is C19H24N2O4S2. The maximum atomic E-state index is 12.4. The van der Waals surface area contributed by atoms with Gasteiger partial charge in [0.15, 0.2) is 5.78 Å². The summed E-state index contributed by atoms with van der Waals surface area (Å²) in [5.41, 5.74) is 1.53. The maximum absolute atomic E-state index is 12.4. The predicted octanol–water partition coefficient (Wildman–Crippen LogP) is 2.73. The van der Waals surface area contributed by atoms with E-state index in [1.807, 2.05) is 26.0 Å². The summed E-state index contributed by atoms with van der Waals surface area (Å²) in [7, 11) is -3.62. The van der Waals surface area contributed by atoms with Gasteiger partial charge in [0, 0.05) is 30.8 Å². The summed E-state index contributed by atoms with van der Waals surface area (Å²) in [5, 5.41) is 2.63. The Balaban J connectivity index is 1.75. The van der Waals surface area contributed by atoms with Crippen molar-refractivity contribution < 1.29 is 18.0 Å². The maximum Gasteiger partial charge on any atom is 0.240 e. The van der Waals surface area contributed by atoms with Crippen LogP contribution in [0.4, 0.5) is 0 Å². The lowest BCUT2D eigenvalue weighted by molar-refractivity contribution is -0.121. The first-order chi connectivity index (χ1) is 12.7. The Morgan fingerprint density at radius 1 is 1.00 bits per heavy atom. The van der Waals surface area contributed by atoms with Crippen LogP contribution in [0.5, 0.6) is 0 Å². The van der Waals surface area contributed by atoms with E-state index in [9.17, 15) is 18.0 Å². The predicted molar refractivity (Wildman–Crippen MR) is 107 cm³/mol. The summed E-state index contributed by atoms with van der Waals surface area (Å²) in [5.74, 6) is -0.332. The molecule has 0 unspecified atom stereocenters. The van der Waals surface area contributed by atoms with Crippen molar-refractivity contribution in [1.29, 1.82) is 0 Å². The van der Waals surface area contributed by atoms with Crippen molar-refractivity contribution in [3.63, 3.8) is 0 Å². The van der Waals surface area contributed by atoms with Gasteiger partial charge in [-0.2, -0.15) is 0 Å². The quantitative estimate of drug-likeness (QED) is 0.493. The van der Waals surface area contributed by atoms with Gasteiger partial charge in [-0.15, -0.1) is 11.3 Å². The monoisotopic (exact) mass is 408 g/mol. The molecule has 0 aliphatic rings. The molecule has 1 amide bonds. The highest BCUT2D eigenvalue weighted by atomic mass is 32.2. The molecule has 0 saturated heterocycles. The molecular weight excluding hydrogens is 384 g/mol. The molecule has 0 aliphatic heterocycles. The molecule has 6 nitrogen and oxygen atoms in total. The number of rotatable bonds is 9. The highest BCUT2D eigenvalue weighted by molar-refractivity contribution is 7.89. The van der Waals surface area contributed by atoms with E-state index in [2.05, 4.69) is 10.0 Å². The average Bonchev–Trinajstić information content (AvgIpc) is 3.05. The number of sulfonamides is 1. The zero-order chi connectivity index (χ0) is 20.0. The Labute approximate surface area is 164 Å².